The molecule has 0 fully saturated rings. The monoisotopic (exact) mass is 476 g/mol. The minimum atomic E-state index is -2.52. The molecule has 0 aliphatic rings. The molecule has 174 valence electrons. The first-order valence-corrected chi connectivity index (χ1v) is 18.8. The molecule has 0 aliphatic carbocycles. The molecule has 1 aromatic rings. The summed E-state index contributed by atoms with van der Waals surface area (Å²) in [5.74, 6) is 0. The average molecular weight is 477 g/mol. The molecule has 1 aromatic carbocycles. The largest absolute Gasteiger partial charge is 0.500 e. The van der Waals surface area contributed by atoms with Crippen molar-refractivity contribution in [3.8, 4) is 0 Å². The molecule has 0 aliphatic heterocycles. The number of ether oxygens (including phenoxy) is 1. The van der Waals surface area contributed by atoms with Crippen molar-refractivity contribution in [2.75, 3.05) is 34.8 Å². The van der Waals surface area contributed by atoms with Gasteiger partial charge in [0.05, 0.1) is 0 Å². The molecule has 5 nitrogen and oxygen atoms in total. The summed E-state index contributed by atoms with van der Waals surface area (Å²) < 4.78 is 40.0. The molecule has 9 heteroatoms. The molecule has 0 radical (unpaired) electrons. The number of hydrogen-bond donors (Lipinski definition) is 0. The van der Waals surface area contributed by atoms with Gasteiger partial charge >= 0.3 is 8.80 Å². The van der Waals surface area contributed by atoms with Crippen LogP contribution < -0.4 is 0 Å². The number of halogens is 1. The van der Waals surface area contributed by atoms with E-state index in [0.717, 1.165) is 37.4 Å². The molecule has 0 atom stereocenters. The lowest BCUT2D eigenvalue weighted by atomic mass is 10.1. The van der Waals surface area contributed by atoms with Gasteiger partial charge in [0.25, 0.3) is 0 Å². The zero-order chi connectivity index (χ0) is 22.7. The van der Waals surface area contributed by atoms with Crippen molar-refractivity contribution >= 4 is 25.4 Å². The highest BCUT2D eigenvalue weighted by Gasteiger charge is 2.37. The summed E-state index contributed by atoms with van der Waals surface area (Å²) in [5, 5.41) is 0. The smallest absolute Gasteiger partial charge is 0.455 e. The molecule has 0 saturated heterocycles. The SMILES string of the molecule is CO[Si](CCc1ccc(CC[Si](C)(C)O[Si](C)(C)CCCOCF)cc1)(OC)OC. The van der Waals surface area contributed by atoms with E-state index < -0.39 is 32.3 Å². The summed E-state index contributed by atoms with van der Waals surface area (Å²) in [6.07, 6.45) is 2.77. The van der Waals surface area contributed by atoms with Crippen LogP contribution in [0.15, 0.2) is 24.3 Å². The predicted molar refractivity (Wildman–Crippen MR) is 128 cm³/mol. The van der Waals surface area contributed by atoms with Gasteiger partial charge in [-0.15, -0.1) is 0 Å². The molecule has 0 spiro atoms. The summed E-state index contributed by atoms with van der Waals surface area (Å²) in [6, 6.07) is 11.7. The third-order valence-corrected chi connectivity index (χ3v) is 15.5. The van der Waals surface area contributed by atoms with E-state index in [1.54, 1.807) is 21.3 Å². The summed E-state index contributed by atoms with van der Waals surface area (Å²) in [5.41, 5.74) is 2.60. The van der Waals surface area contributed by atoms with Crippen LogP contribution in [0.1, 0.15) is 17.5 Å². The molecule has 1 rings (SSSR count). The van der Waals surface area contributed by atoms with Crippen LogP contribution >= 0.6 is 0 Å². The molecule has 0 aromatic heterocycles. The van der Waals surface area contributed by atoms with Crippen LogP contribution in [0, 0.1) is 0 Å². The lowest BCUT2D eigenvalue weighted by molar-refractivity contribution is 0.0581. The lowest BCUT2D eigenvalue weighted by Gasteiger charge is -2.34. The van der Waals surface area contributed by atoms with Gasteiger partial charge in [-0.3, -0.25) is 0 Å². The maximum absolute atomic E-state index is 12.1. The fourth-order valence-electron chi connectivity index (χ4n) is 3.68. The van der Waals surface area contributed by atoms with Gasteiger partial charge in [0.15, 0.2) is 23.5 Å². The van der Waals surface area contributed by atoms with Crippen LogP contribution in [-0.4, -0.2) is 60.2 Å². The fraction of sp³-hybridized carbons (Fsp3) is 0.714. The summed E-state index contributed by atoms with van der Waals surface area (Å²) in [4.78, 5) is 0. The van der Waals surface area contributed by atoms with E-state index in [-0.39, 0.29) is 0 Å². The second kappa shape index (κ2) is 13.2. The van der Waals surface area contributed by atoms with E-state index in [1.807, 2.05) is 0 Å². The van der Waals surface area contributed by atoms with Gasteiger partial charge in [-0.05, 0) is 68.7 Å². The number of benzene rings is 1. The number of alkyl halides is 1. The summed E-state index contributed by atoms with van der Waals surface area (Å²) >= 11 is 0. The Morgan fingerprint density at radius 3 is 1.67 bits per heavy atom. The fourth-order valence-corrected chi connectivity index (χ4v) is 14.1. The topological polar surface area (TPSA) is 46.2 Å². The molecule has 0 N–H and O–H groups in total. The third kappa shape index (κ3) is 10.3. The van der Waals surface area contributed by atoms with E-state index in [9.17, 15) is 4.39 Å². The van der Waals surface area contributed by atoms with Gasteiger partial charge in [-0.25, -0.2) is 4.39 Å². The van der Waals surface area contributed by atoms with Crippen molar-refractivity contribution in [3.05, 3.63) is 35.4 Å². The minimum absolute atomic E-state index is 0.480. The number of rotatable bonds is 16. The molecule has 0 heterocycles. The van der Waals surface area contributed by atoms with Gasteiger partial charge < -0.3 is 22.1 Å². The average Bonchev–Trinajstić information content (AvgIpc) is 2.71. The molecule has 0 unspecified atom stereocenters. The van der Waals surface area contributed by atoms with Crippen molar-refractivity contribution in [3.63, 3.8) is 0 Å². The predicted octanol–water partition coefficient (Wildman–Crippen LogP) is 5.41. The van der Waals surface area contributed by atoms with Crippen molar-refractivity contribution in [1.82, 2.24) is 0 Å². The molecular weight excluding hydrogens is 435 g/mol. The van der Waals surface area contributed by atoms with E-state index in [4.69, 9.17) is 22.1 Å². The molecule has 0 amide bonds. The second-order valence-electron chi connectivity index (χ2n) is 8.85. The summed E-state index contributed by atoms with van der Waals surface area (Å²) in [6.45, 7) is 8.91. The van der Waals surface area contributed by atoms with Crippen molar-refractivity contribution in [2.24, 2.45) is 0 Å². The zero-order valence-electron chi connectivity index (χ0n) is 19.9. The Morgan fingerprint density at radius 1 is 0.733 bits per heavy atom. The lowest BCUT2D eigenvalue weighted by Crippen LogP contribution is -2.44. The molecule has 0 bridgehead atoms. The van der Waals surface area contributed by atoms with E-state index in [1.165, 1.54) is 11.1 Å². The van der Waals surface area contributed by atoms with Crippen LogP contribution in [0.3, 0.4) is 0 Å². The maximum atomic E-state index is 12.1. The Hall–Kier alpha value is -0.399. The van der Waals surface area contributed by atoms with E-state index in [2.05, 4.69) is 50.5 Å². The minimum Gasteiger partial charge on any atom is -0.455 e. The van der Waals surface area contributed by atoms with E-state index >= 15 is 0 Å². The van der Waals surface area contributed by atoms with Crippen molar-refractivity contribution in [2.45, 2.75) is 63.6 Å². The molecular formula is C21H41FO5Si3. The van der Waals surface area contributed by atoms with Gasteiger partial charge in [0.2, 0.25) is 0 Å². The van der Waals surface area contributed by atoms with Gasteiger partial charge in [0.1, 0.15) is 0 Å². The van der Waals surface area contributed by atoms with Crippen molar-refractivity contribution in [1.29, 1.82) is 0 Å². The number of hydrogen-bond acceptors (Lipinski definition) is 5. The first kappa shape index (κ1) is 27.6. The zero-order valence-corrected chi connectivity index (χ0v) is 22.9. The Bertz CT molecular complexity index is 587. The Kier molecular flexibility index (Phi) is 12.2. The Morgan fingerprint density at radius 2 is 1.20 bits per heavy atom. The van der Waals surface area contributed by atoms with Crippen LogP contribution in [0.5, 0.6) is 0 Å². The normalized spacial score (nSPS) is 13.1. The quantitative estimate of drug-likeness (QED) is 0.236. The Balaban J connectivity index is 2.51. The third-order valence-electron chi connectivity index (χ3n) is 5.39. The standard InChI is InChI=1S/C21H41FO5Si3/c1-23-30(24-2,25-3)18-14-21-11-9-20(10-12-21)13-17-29(6,7)27-28(4,5)16-8-15-26-19-22/h9-12H,8,13-19H2,1-7H3. The van der Waals surface area contributed by atoms with Crippen LogP contribution in [0.2, 0.25) is 44.3 Å². The highest BCUT2D eigenvalue weighted by molar-refractivity contribution is 6.84. The Labute approximate surface area is 185 Å². The van der Waals surface area contributed by atoms with Crippen LogP contribution in [0.4, 0.5) is 4.39 Å². The molecule has 30 heavy (non-hydrogen) atoms. The maximum Gasteiger partial charge on any atom is 0.500 e. The highest BCUT2D eigenvalue weighted by atomic mass is 28.4. The summed E-state index contributed by atoms with van der Waals surface area (Å²) in [7, 11) is -1.08. The highest BCUT2D eigenvalue weighted by Crippen LogP contribution is 2.24. The second-order valence-corrected chi connectivity index (χ2v) is 20.8. The van der Waals surface area contributed by atoms with Gasteiger partial charge in [0, 0.05) is 34.0 Å². The van der Waals surface area contributed by atoms with Crippen LogP contribution in [0.25, 0.3) is 0 Å². The first-order chi connectivity index (χ1) is 14.1. The van der Waals surface area contributed by atoms with Gasteiger partial charge in [-0.2, -0.15) is 0 Å². The van der Waals surface area contributed by atoms with E-state index in [0.29, 0.717) is 6.61 Å². The van der Waals surface area contributed by atoms with Gasteiger partial charge in [-0.1, -0.05) is 24.3 Å². The van der Waals surface area contributed by atoms with Crippen molar-refractivity contribution < 1.29 is 26.5 Å². The molecule has 0 saturated carbocycles. The number of aryl methyl sites for hydroxylation is 2. The van der Waals surface area contributed by atoms with Crippen LogP contribution in [-0.2, 0) is 35.0 Å². The first-order valence-electron chi connectivity index (χ1n) is 10.7.